The van der Waals surface area contributed by atoms with Crippen LogP contribution >= 0.6 is 0 Å². The Bertz CT molecular complexity index is 1090. The first-order chi connectivity index (χ1) is 15.6. The summed E-state index contributed by atoms with van der Waals surface area (Å²) in [7, 11) is 2.95. The first-order valence-corrected chi connectivity index (χ1v) is 10.5. The molecule has 2 aromatic carbocycles. The SMILES string of the molecule is COC(=O)c1cccc(C(=O)N2CCC(Cc3nc(-c4ccc(OC)cc4)no3)CC2)c1. The molecule has 1 amide bonds. The van der Waals surface area contributed by atoms with Crippen LogP contribution in [-0.4, -0.2) is 54.2 Å². The van der Waals surface area contributed by atoms with E-state index in [0.29, 0.717) is 48.3 Å². The molecule has 3 aromatic rings. The van der Waals surface area contributed by atoms with E-state index in [1.54, 1.807) is 31.4 Å². The van der Waals surface area contributed by atoms with E-state index in [9.17, 15) is 9.59 Å². The maximum Gasteiger partial charge on any atom is 0.337 e. The summed E-state index contributed by atoms with van der Waals surface area (Å²) in [6.45, 7) is 1.29. The molecule has 4 rings (SSSR count). The van der Waals surface area contributed by atoms with Crippen molar-refractivity contribution in [3.05, 3.63) is 65.5 Å². The second-order valence-corrected chi connectivity index (χ2v) is 7.75. The van der Waals surface area contributed by atoms with Crippen molar-refractivity contribution in [3.8, 4) is 17.1 Å². The van der Waals surface area contributed by atoms with Gasteiger partial charge in [0.25, 0.3) is 5.91 Å². The monoisotopic (exact) mass is 435 g/mol. The molecule has 1 fully saturated rings. The van der Waals surface area contributed by atoms with Crippen LogP contribution in [0.25, 0.3) is 11.4 Å². The summed E-state index contributed by atoms with van der Waals surface area (Å²) < 4.78 is 15.4. The van der Waals surface area contributed by atoms with Gasteiger partial charge in [0.1, 0.15) is 5.75 Å². The summed E-state index contributed by atoms with van der Waals surface area (Å²) in [6.07, 6.45) is 2.38. The fourth-order valence-corrected chi connectivity index (χ4v) is 3.86. The van der Waals surface area contributed by atoms with Crippen LogP contribution in [-0.2, 0) is 11.2 Å². The Morgan fingerprint density at radius 2 is 1.78 bits per heavy atom. The van der Waals surface area contributed by atoms with Gasteiger partial charge < -0.3 is 18.9 Å². The molecule has 0 saturated carbocycles. The van der Waals surface area contributed by atoms with Crippen LogP contribution in [0.2, 0.25) is 0 Å². The number of likely N-dealkylation sites (tertiary alicyclic amines) is 1. The van der Waals surface area contributed by atoms with Crippen LogP contribution in [0.5, 0.6) is 5.75 Å². The van der Waals surface area contributed by atoms with Gasteiger partial charge in [-0.2, -0.15) is 4.98 Å². The molecule has 0 atom stereocenters. The second kappa shape index (κ2) is 9.64. The van der Waals surface area contributed by atoms with Crippen LogP contribution < -0.4 is 4.74 Å². The molecule has 1 saturated heterocycles. The highest BCUT2D eigenvalue weighted by atomic mass is 16.5. The van der Waals surface area contributed by atoms with Gasteiger partial charge in [-0.25, -0.2) is 4.79 Å². The van der Waals surface area contributed by atoms with Crippen molar-refractivity contribution in [3.63, 3.8) is 0 Å². The summed E-state index contributed by atoms with van der Waals surface area (Å²) >= 11 is 0. The molecule has 1 aliphatic heterocycles. The van der Waals surface area contributed by atoms with Crippen LogP contribution in [0.15, 0.2) is 53.1 Å². The lowest BCUT2D eigenvalue weighted by molar-refractivity contribution is 0.0600. The molecule has 0 aliphatic carbocycles. The molecule has 166 valence electrons. The Balaban J connectivity index is 1.33. The lowest BCUT2D eigenvalue weighted by atomic mass is 9.93. The third-order valence-electron chi connectivity index (χ3n) is 5.71. The van der Waals surface area contributed by atoms with Crippen molar-refractivity contribution >= 4 is 11.9 Å². The van der Waals surface area contributed by atoms with Gasteiger partial charge >= 0.3 is 5.97 Å². The number of piperidine rings is 1. The number of hydrogen-bond donors (Lipinski definition) is 0. The quantitative estimate of drug-likeness (QED) is 0.546. The van der Waals surface area contributed by atoms with Gasteiger partial charge in [0.2, 0.25) is 11.7 Å². The Hall–Kier alpha value is -3.68. The Morgan fingerprint density at radius 3 is 2.47 bits per heavy atom. The summed E-state index contributed by atoms with van der Waals surface area (Å²) in [5.74, 6) is 1.77. The zero-order chi connectivity index (χ0) is 22.5. The van der Waals surface area contributed by atoms with Crippen LogP contribution in [0.4, 0.5) is 0 Å². The normalized spacial score (nSPS) is 14.2. The Labute approximate surface area is 186 Å². The third kappa shape index (κ3) is 4.80. The minimum absolute atomic E-state index is 0.0752. The largest absolute Gasteiger partial charge is 0.497 e. The molecule has 1 aliphatic rings. The number of methoxy groups -OCH3 is 2. The number of hydrogen-bond acceptors (Lipinski definition) is 7. The lowest BCUT2D eigenvalue weighted by Crippen LogP contribution is -2.39. The van der Waals surface area contributed by atoms with Crippen molar-refractivity contribution in [1.82, 2.24) is 15.0 Å². The Morgan fingerprint density at radius 1 is 1.06 bits per heavy atom. The number of esters is 1. The fraction of sp³-hybridized carbons (Fsp3) is 0.333. The molecule has 8 heteroatoms. The summed E-state index contributed by atoms with van der Waals surface area (Å²) in [4.78, 5) is 30.9. The topological polar surface area (TPSA) is 94.8 Å². The molecule has 8 nitrogen and oxygen atoms in total. The molecular weight excluding hydrogens is 410 g/mol. The number of carbonyl (C=O) groups is 2. The zero-order valence-corrected chi connectivity index (χ0v) is 18.1. The number of ether oxygens (including phenoxy) is 2. The first-order valence-electron chi connectivity index (χ1n) is 10.5. The minimum Gasteiger partial charge on any atom is -0.497 e. The van der Waals surface area contributed by atoms with Crippen LogP contribution in [0.1, 0.15) is 39.4 Å². The number of amides is 1. The van der Waals surface area contributed by atoms with Gasteiger partial charge in [0.05, 0.1) is 19.8 Å². The highest BCUT2D eigenvalue weighted by Crippen LogP contribution is 2.25. The molecular formula is C24H25N3O5. The number of carbonyl (C=O) groups excluding carboxylic acids is 2. The van der Waals surface area contributed by atoms with Crippen LogP contribution in [0.3, 0.4) is 0 Å². The van der Waals surface area contributed by atoms with E-state index in [1.807, 2.05) is 29.2 Å². The van der Waals surface area contributed by atoms with Gasteiger partial charge in [-0.15, -0.1) is 0 Å². The lowest BCUT2D eigenvalue weighted by Gasteiger charge is -2.31. The van der Waals surface area contributed by atoms with E-state index in [4.69, 9.17) is 14.0 Å². The predicted molar refractivity (Wildman–Crippen MR) is 116 cm³/mol. The van der Waals surface area contributed by atoms with E-state index >= 15 is 0 Å². The summed E-state index contributed by atoms with van der Waals surface area (Å²) in [6, 6.07) is 14.2. The standard InChI is InChI=1S/C24H25N3O5/c1-30-20-8-6-17(7-9-20)22-25-21(32-26-22)14-16-10-12-27(13-11-16)23(28)18-4-3-5-19(15-18)24(29)31-2/h3-9,15-16H,10-14H2,1-2H3. The zero-order valence-electron chi connectivity index (χ0n) is 18.1. The van der Waals surface area contributed by atoms with Crippen molar-refractivity contribution in [1.29, 1.82) is 0 Å². The maximum atomic E-state index is 12.9. The van der Waals surface area contributed by atoms with Crippen molar-refractivity contribution in [2.45, 2.75) is 19.3 Å². The van der Waals surface area contributed by atoms with E-state index in [-0.39, 0.29) is 5.91 Å². The van der Waals surface area contributed by atoms with E-state index in [1.165, 1.54) is 7.11 Å². The summed E-state index contributed by atoms with van der Waals surface area (Å²) in [5, 5.41) is 4.09. The predicted octanol–water partition coefficient (Wildman–Crippen LogP) is 3.63. The molecule has 32 heavy (non-hydrogen) atoms. The van der Waals surface area contributed by atoms with Crippen molar-refractivity contribution in [2.24, 2.45) is 5.92 Å². The van der Waals surface area contributed by atoms with E-state index in [0.717, 1.165) is 24.2 Å². The van der Waals surface area contributed by atoms with Gasteiger partial charge in [-0.05, 0) is 61.2 Å². The smallest absolute Gasteiger partial charge is 0.337 e. The van der Waals surface area contributed by atoms with Gasteiger partial charge in [0, 0.05) is 30.6 Å². The summed E-state index contributed by atoms with van der Waals surface area (Å²) in [5.41, 5.74) is 1.74. The Kier molecular flexibility index (Phi) is 6.49. The average molecular weight is 435 g/mol. The molecule has 0 radical (unpaired) electrons. The minimum atomic E-state index is -0.452. The van der Waals surface area contributed by atoms with Gasteiger partial charge in [0.15, 0.2) is 0 Å². The van der Waals surface area contributed by atoms with Gasteiger partial charge in [-0.1, -0.05) is 11.2 Å². The highest BCUT2D eigenvalue weighted by molar-refractivity contribution is 5.97. The second-order valence-electron chi connectivity index (χ2n) is 7.75. The number of benzene rings is 2. The highest BCUT2D eigenvalue weighted by Gasteiger charge is 2.26. The third-order valence-corrected chi connectivity index (χ3v) is 5.71. The fourth-order valence-electron chi connectivity index (χ4n) is 3.86. The average Bonchev–Trinajstić information content (AvgIpc) is 3.32. The number of aromatic nitrogens is 2. The molecule has 2 heterocycles. The number of nitrogens with zero attached hydrogens (tertiary/aromatic N) is 3. The molecule has 0 N–H and O–H groups in total. The van der Waals surface area contributed by atoms with Gasteiger partial charge in [-0.3, -0.25) is 4.79 Å². The number of rotatable bonds is 6. The molecule has 0 spiro atoms. The van der Waals surface area contributed by atoms with Crippen molar-refractivity contribution in [2.75, 3.05) is 27.3 Å². The molecule has 1 aromatic heterocycles. The molecule has 0 unspecified atom stereocenters. The van der Waals surface area contributed by atoms with Crippen LogP contribution in [0, 0.1) is 5.92 Å². The van der Waals surface area contributed by atoms with E-state index < -0.39 is 5.97 Å². The molecule has 0 bridgehead atoms. The van der Waals surface area contributed by atoms with E-state index in [2.05, 4.69) is 10.1 Å². The maximum absolute atomic E-state index is 12.9. The van der Waals surface area contributed by atoms with Crippen molar-refractivity contribution < 1.29 is 23.6 Å². The first kappa shape index (κ1) is 21.5.